The minimum atomic E-state index is -2.92. The van der Waals surface area contributed by atoms with Crippen LogP contribution in [0, 0.1) is 11.3 Å². The van der Waals surface area contributed by atoms with Gasteiger partial charge in [-0.15, -0.1) is 0 Å². The van der Waals surface area contributed by atoms with Crippen molar-refractivity contribution >= 4 is 23.3 Å². The number of nitrogens with zero attached hydrogens (tertiary/aromatic N) is 4. The zero-order valence-corrected chi connectivity index (χ0v) is 25.2. The number of nitrogens with one attached hydrogen (secondary N) is 3. The Kier molecular flexibility index (Phi) is 11.4. The summed E-state index contributed by atoms with van der Waals surface area (Å²) in [4.78, 5) is 34.0. The summed E-state index contributed by atoms with van der Waals surface area (Å²) in [5.41, 5.74) is -0.822. The summed E-state index contributed by atoms with van der Waals surface area (Å²) in [5, 5.41) is 17.8. The molecule has 2 aromatic heterocycles. The van der Waals surface area contributed by atoms with Crippen LogP contribution in [0.25, 0.3) is 5.78 Å². The number of halogens is 3. The van der Waals surface area contributed by atoms with Gasteiger partial charge in [0.1, 0.15) is 5.67 Å². The lowest BCUT2D eigenvalue weighted by Gasteiger charge is -2.35. The molecule has 234 valence electrons. The number of amides is 2. The van der Waals surface area contributed by atoms with E-state index in [9.17, 15) is 18.4 Å². The van der Waals surface area contributed by atoms with E-state index in [1.165, 1.54) is 24.6 Å². The number of hydrogen-bond donors (Lipinski definition) is 3. The van der Waals surface area contributed by atoms with Crippen LogP contribution in [0.3, 0.4) is 0 Å². The molecule has 4 rings (SSSR count). The second-order valence-corrected chi connectivity index (χ2v) is 11.1. The monoisotopic (exact) mass is 595 g/mol. The Morgan fingerprint density at radius 1 is 1.33 bits per heavy atom. The Balaban J connectivity index is 0.00000237. The lowest BCUT2D eigenvalue weighted by atomic mass is 9.82. The van der Waals surface area contributed by atoms with Crippen molar-refractivity contribution in [2.45, 2.75) is 110 Å². The molecule has 0 radical (unpaired) electrons. The molecule has 0 aromatic carbocycles. The smallest absolute Gasteiger partial charge is 0.265 e. The molecule has 0 aliphatic carbocycles. The number of carbonyl (C=O) groups is 2. The van der Waals surface area contributed by atoms with Crippen LogP contribution in [0.1, 0.15) is 109 Å². The average molecular weight is 596 g/mol. The standard InChI is InChI=1S/C27H38F3N7O3.C2H6/c1-4-8-27(29,30)9-7-19(33-23(38)16(2)31)21-14-37-25(34-21)35-22(18-15-40-12-10-26(18,3)28)20(36-37)13-17-6-5-11-32-24(17)39;1-2/h14,17-19,31H,4-13,15H2,1-3H3,(H,32,39)(H,33,38);1-2H3/t17-,18?,19?,26?;/m1./s1. The molecule has 2 amide bonds. The number of aromatic nitrogens is 4. The fourth-order valence-electron chi connectivity index (χ4n) is 5.33. The first-order chi connectivity index (χ1) is 19.9. The van der Waals surface area contributed by atoms with Gasteiger partial charge in [-0.3, -0.25) is 15.0 Å². The van der Waals surface area contributed by atoms with E-state index in [0.29, 0.717) is 30.8 Å². The molecule has 2 saturated heterocycles. The number of ether oxygens (including phenoxy) is 1. The van der Waals surface area contributed by atoms with Crippen LogP contribution in [0.4, 0.5) is 13.2 Å². The van der Waals surface area contributed by atoms with E-state index in [-0.39, 0.29) is 67.9 Å². The van der Waals surface area contributed by atoms with Crippen LogP contribution in [0.2, 0.25) is 0 Å². The Bertz CT molecular complexity index is 1250. The number of fused-ring (bicyclic) bond motifs is 1. The maximum atomic E-state index is 15.7. The Labute approximate surface area is 245 Å². The molecule has 2 aromatic rings. The van der Waals surface area contributed by atoms with Crippen molar-refractivity contribution in [3.8, 4) is 0 Å². The maximum Gasteiger partial charge on any atom is 0.265 e. The molecule has 4 heterocycles. The van der Waals surface area contributed by atoms with Gasteiger partial charge in [0.05, 0.1) is 47.6 Å². The van der Waals surface area contributed by atoms with Crippen molar-refractivity contribution in [2.24, 2.45) is 5.92 Å². The molecular formula is C29H44F3N7O3. The van der Waals surface area contributed by atoms with Crippen LogP contribution in [0.15, 0.2) is 6.20 Å². The molecule has 2 aliphatic heterocycles. The summed E-state index contributed by atoms with van der Waals surface area (Å²) < 4.78 is 51.4. The third-order valence-corrected chi connectivity index (χ3v) is 7.77. The summed E-state index contributed by atoms with van der Waals surface area (Å²) in [6, 6.07) is -0.917. The summed E-state index contributed by atoms with van der Waals surface area (Å²) >= 11 is 0. The van der Waals surface area contributed by atoms with Crippen molar-refractivity contribution in [3.05, 3.63) is 23.3 Å². The van der Waals surface area contributed by atoms with Crippen molar-refractivity contribution in [3.63, 3.8) is 0 Å². The second kappa shape index (κ2) is 14.4. The zero-order valence-electron chi connectivity index (χ0n) is 25.2. The predicted molar refractivity (Wildman–Crippen MR) is 153 cm³/mol. The maximum absolute atomic E-state index is 15.7. The van der Waals surface area contributed by atoms with Gasteiger partial charge in [-0.25, -0.2) is 27.7 Å². The largest absolute Gasteiger partial charge is 0.381 e. The molecule has 13 heteroatoms. The molecule has 2 fully saturated rings. The molecule has 10 nitrogen and oxygen atoms in total. The first-order valence-electron chi connectivity index (χ1n) is 14.9. The highest BCUT2D eigenvalue weighted by Gasteiger charge is 2.42. The Morgan fingerprint density at radius 3 is 2.71 bits per heavy atom. The van der Waals surface area contributed by atoms with Gasteiger partial charge in [-0.2, -0.15) is 5.10 Å². The van der Waals surface area contributed by atoms with E-state index >= 15 is 4.39 Å². The molecule has 3 N–H and O–H groups in total. The number of piperidine rings is 1. The van der Waals surface area contributed by atoms with Gasteiger partial charge in [-0.05, 0) is 33.1 Å². The van der Waals surface area contributed by atoms with Gasteiger partial charge < -0.3 is 15.4 Å². The minimum absolute atomic E-state index is 0.0916. The highest BCUT2D eigenvalue weighted by molar-refractivity contribution is 6.36. The van der Waals surface area contributed by atoms with E-state index in [1.54, 1.807) is 6.92 Å². The first-order valence-corrected chi connectivity index (χ1v) is 14.9. The van der Waals surface area contributed by atoms with Gasteiger partial charge in [0.2, 0.25) is 11.8 Å². The lowest BCUT2D eigenvalue weighted by molar-refractivity contribution is -0.126. The molecule has 2 aliphatic rings. The summed E-state index contributed by atoms with van der Waals surface area (Å²) in [6.07, 6.45) is 2.86. The quantitative estimate of drug-likeness (QED) is 0.318. The van der Waals surface area contributed by atoms with Crippen LogP contribution < -0.4 is 10.6 Å². The molecule has 3 unspecified atom stereocenters. The number of alkyl halides is 3. The van der Waals surface area contributed by atoms with Gasteiger partial charge in [0, 0.05) is 44.8 Å². The number of imidazole rings is 1. The summed E-state index contributed by atoms with van der Waals surface area (Å²) in [5.74, 6) is -4.66. The average Bonchev–Trinajstić information content (AvgIpc) is 3.35. The van der Waals surface area contributed by atoms with E-state index in [2.05, 4.69) is 25.7 Å². The molecule has 4 atom stereocenters. The van der Waals surface area contributed by atoms with Crippen molar-refractivity contribution in [1.29, 1.82) is 5.41 Å². The van der Waals surface area contributed by atoms with Gasteiger partial charge >= 0.3 is 0 Å². The van der Waals surface area contributed by atoms with Crippen molar-refractivity contribution < 1.29 is 27.5 Å². The van der Waals surface area contributed by atoms with Gasteiger partial charge in [-0.1, -0.05) is 27.2 Å². The van der Waals surface area contributed by atoms with Gasteiger partial charge in [0.25, 0.3) is 11.7 Å². The van der Waals surface area contributed by atoms with Gasteiger partial charge in [0.15, 0.2) is 0 Å². The molecule has 42 heavy (non-hydrogen) atoms. The number of hydrogen-bond acceptors (Lipinski definition) is 7. The molecule has 0 saturated carbocycles. The number of carbonyl (C=O) groups excluding carboxylic acids is 2. The van der Waals surface area contributed by atoms with E-state index in [4.69, 9.17) is 10.1 Å². The van der Waals surface area contributed by atoms with Crippen LogP contribution in [-0.2, 0) is 20.7 Å². The topological polar surface area (TPSA) is 134 Å². The highest BCUT2D eigenvalue weighted by atomic mass is 19.3. The van der Waals surface area contributed by atoms with Crippen LogP contribution >= 0.6 is 0 Å². The molecule has 0 spiro atoms. The van der Waals surface area contributed by atoms with E-state index in [0.717, 1.165) is 6.42 Å². The number of rotatable bonds is 11. The Hall–Kier alpha value is -3.09. The summed E-state index contributed by atoms with van der Waals surface area (Å²) in [6.45, 7) is 9.48. The van der Waals surface area contributed by atoms with Crippen molar-refractivity contribution in [2.75, 3.05) is 19.8 Å². The third-order valence-electron chi connectivity index (χ3n) is 7.77. The minimum Gasteiger partial charge on any atom is -0.381 e. The first kappa shape index (κ1) is 33.4. The lowest BCUT2D eigenvalue weighted by Crippen LogP contribution is -2.40. The van der Waals surface area contributed by atoms with Crippen molar-refractivity contribution in [1.82, 2.24) is 30.2 Å². The van der Waals surface area contributed by atoms with E-state index < -0.39 is 35.9 Å². The Morgan fingerprint density at radius 2 is 2.07 bits per heavy atom. The van der Waals surface area contributed by atoms with Crippen LogP contribution in [0.5, 0.6) is 0 Å². The normalized spacial score (nSPS) is 23.5. The predicted octanol–water partition coefficient (Wildman–Crippen LogP) is 4.86. The second-order valence-electron chi connectivity index (χ2n) is 11.1. The summed E-state index contributed by atoms with van der Waals surface area (Å²) in [7, 11) is 0. The molecule has 0 bridgehead atoms. The third kappa shape index (κ3) is 8.26. The fourth-order valence-corrected chi connectivity index (χ4v) is 5.33. The zero-order chi connectivity index (χ0) is 31.1. The van der Waals surface area contributed by atoms with Crippen LogP contribution in [-0.4, -0.2) is 68.5 Å². The fraction of sp³-hybridized carbons (Fsp3) is 0.724. The highest BCUT2D eigenvalue weighted by Crippen LogP contribution is 2.39. The molecular weight excluding hydrogens is 551 g/mol. The SMILES string of the molecule is CC.CCCC(F)(F)CCC(NC(=O)C(C)=N)c1cn2nc(C[C@H]3CCCNC3=O)c(C3COCCC3(C)F)nc2n1. The van der Waals surface area contributed by atoms with E-state index in [1.807, 2.05) is 13.8 Å².